The van der Waals surface area contributed by atoms with Crippen molar-refractivity contribution in [2.24, 2.45) is 0 Å². The van der Waals surface area contributed by atoms with Gasteiger partial charge in [-0.1, -0.05) is 24.3 Å². The lowest BCUT2D eigenvalue weighted by molar-refractivity contribution is 0.0218. The third kappa shape index (κ3) is 5.31. The van der Waals surface area contributed by atoms with Crippen molar-refractivity contribution in [3.63, 3.8) is 0 Å². The highest BCUT2D eigenvalue weighted by Crippen LogP contribution is 2.34. The first kappa shape index (κ1) is 28.0. The Morgan fingerprint density at radius 3 is 2.44 bits per heavy atom. The molecule has 1 fully saturated rings. The predicted octanol–water partition coefficient (Wildman–Crippen LogP) is 5.19. The summed E-state index contributed by atoms with van der Waals surface area (Å²) in [6, 6.07) is 11.3. The van der Waals surface area contributed by atoms with Crippen LogP contribution in [0.15, 0.2) is 53.3 Å². The van der Waals surface area contributed by atoms with Gasteiger partial charge < -0.3 is 19.6 Å². The number of phenolic OH excluding ortho intramolecular Hbond substituents is 1. The molecule has 1 N–H and O–H groups in total. The van der Waals surface area contributed by atoms with E-state index >= 15 is 4.39 Å². The lowest BCUT2D eigenvalue weighted by Crippen LogP contribution is -2.55. The van der Waals surface area contributed by atoms with Gasteiger partial charge in [0, 0.05) is 31.2 Å². The zero-order chi connectivity index (χ0) is 29.6. The number of fused-ring (bicyclic) bond motifs is 1. The van der Waals surface area contributed by atoms with Gasteiger partial charge in [-0.3, -0.25) is 0 Å². The van der Waals surface area contributed by atoms with Crippen LogP contribution in [0.5, 0.6) is 5.75 Å². The number of aryl methyl sites for hydroxylation is 1. The minimum Gasteiger partial charge on any atom is -0.506 e. The van der Waals surface area contributed by atoms with E-state index in [-0.39, 0.29) is 65.2 Å². The highest BCUT2D eigenvalue weighted by molar-refractivity contribution is 5.91. The molecule has 5 rings (SSSR count). The third-order valence-corrected chi connectivity index (χ3v) is 6.92. The van der Waals surface area contributed by atoms with E-state index < -0.39 is 29.0 Å². The van der Waals surface area contributed by atoms with Crippen molar-refractivity contribution in [1.82, 2.24) is 19.4 Å². The van der Waals surface area contributed by atoms with Crippen molar-refractivity contribution in [3.8, 4) is 22.7 Å². The summed E-state index contributed by atoms with van der Waals surface area (Å²) >= 11 is 0. The first-order valence-electron chi connectivity index (χ1n) is 13.3. The number of pyridine rings is 1. The van der Waals surface area contributed by atoms with Gasteiger partial charge in [-0.15, -0.1) is 0 Å². The molecule has 4 aromatic rings. The number of anilines is 1. The molecule has 1 aliphatic heterocycles. The molecule has 1 atom stereocenters. The molecule has 0 aliphatic carbocycles. The summed E-state index contributed by atoms with van der Waals surface area (Å²) < 4.78 is 37.0. The number of benzene rings is 2. The quantitative estimate of drug-likeness (QED) is 0.366. The Labute approximate surface area is 235 Å². The summed E-state index contributed by atoms with van der Waals surface area (Å²) in [6.45, 7) is 9.80. The number of aromatic nitrogens is 3. The van der Waals surface area contributed by atoms with E-state index in [1.54, 1.807) is 50.8 Å². The Kier molecular flexibility index (Phi) is 7.14. The van der Waals surface area contributed by atoms with E-state index in [1.807, 2.05) is 11.8 Å². The minimum absolute atomic E-state index is 0.00558. The molecule has 0 saturated carbocycles. The number of nitrogens with zero attached hydrogens (tertiary/aromatic N) is 5. The number of aromatic hydroxyl groups is 1. The van der Waals surface area contributed by atoms with E-state index in [2.05, 4.69) is 9.97 Å². The SMILES string of the molecule is Cc1cccc(O)c1-n1c(=O)nc(N2CCN(C(=O)OC(C)(C)C)C[C@@H]2C)c2cc(F)c(-c3ccccc3F)nc21. The fourth-order valence-corrected chi connectivity index (χ4v) is 5.07. The lowest BCUT2D eigenvalue weighted by atomic mass is 10.1. The number of ether oxygens (including phenoxy) is 1. The molecule has 0 unspecified atom stereocenters. The van der Waals surface area contributed by atoms with Crippen molar-refractivity contribution < 1.29 is 23.4 Å². The topological polar surface area (TPSA) is 101 Å². The second kappa shape index (κ2) is 10.5. The van der Waals surface area contributed by atoms with Crippen molar-refractivity contribution in [2.75, 3.05) is 24.5 Å². The first-order valence-corrected chi connectivity index (χ1v) is 13.3. The number of hydrogen-bond donors (Lipinski definition) is 1. The van der Waals surface area contributed by atoms with Crippen LogP contribution in [-0.2, 0) is 4.74 Å². The smallest absolute Gasteiger partial charge is 0.410 e. The molecular formula is C30H31F2N5O4. The van der Waals surface area contributed by atoms with Gasteiger partial charge in [0.25, 0.3) is 0 Å². The molecule has 214 valence electrons. The van der Waals surface area contributed by atoms with Crippen LogP contribution in [0.2, 0.25) is 0 Å². The van der Waals surface area contributed by atoms with Gasteiger partial charge in [-0.25, -0.2) is 27.9 Å². The van der Waals surface area contributed by atoms with Crippen LogP contribution < -0.4 is 10.6 Å². The molecule has 9 nitrogen and oxygen atoms in total. The first-order chi connectivity index (χ1) is 19.4. The maximum atomic E-state index is 15.7. The van der Waals surface area contributed by atoms with Crippen LogP contribution in [0.1, 0.15) is 33.3 Å². The molecule has 3 heterocycles. The van der Waals surface area contributed by atoms with Gasteiger partial charge in [0.15, 0.2) is 5.65 Å². The number of hydrogen-bond acceptors (Lipinski definition) is 7. The van der Waals surface area contributed by atoms with Gasteiger partial charge in [0.1, 0.15) is 34.5 Å². The molecule has 2 aromatic carbocycles. The summed E-state index contributed by atoms with van der Waals surface area (Å²) in [7, 11) is 0. The van der Waals surface area contributed by atoms with Crippen LogP contribution in [0.3, 0.4) is 0 Å². The summed E-state index contributed by atoms with van der Waals surface area (Å²) in [5.41, 5.74) is -1.05. The number of phenols is 1. The number of piperazine rings is 1. The zero-order valence-corrected chi connectivity index (χ0v) is 23.5. The molecule has 41 heavy (non-hydrogen) atoms. The number of rotatable bonds is 3. The van der Waals surface area contributed by atoms with Crippen molar-refractivity contribution >= 4 is 22.9 Å². The summed E-state index contributed by atoms with van der Waals surface area (Å²) in [5.74, 6) is -1.49. The van der Waals surface area contributed by atoms with Gasteiger partial charge >= 0.3 is 11.8 Å². The molecule has 0 bridgehead atoms. The fourth-order valence-electron chi connectivity index (χ4n) is 5.07. The maximum Gasteiger partial charge on any atom is 0.410 e. The van der Waals surface area contributed by atoms with E-state index in [4.69, 9.17) is 4.74 Å². The molecule has 11 heteroatoms. The van der Waals surface area contributed by atoms with Gasteiger partial charge in [0.05, 0.1) is 11.1 Å². The second-order valence-electron chi connectivity index (χ2n) is 11.1. The monoisotopic (exact) mass is 563 g/mol. The van der Waals surface area contributed by atoms with Gasteiger partial charge in [-0.2, -0.15) is 4.98 Å². The second-order valence-corrected chi connectivity index (χ2v) is 11.1. The largest absolute Gasteiger partial charge is 0.506 e. The molecule has 2 aromatic heterocycles. The van der Waals surface area contributed by atoms with E-state index in [0.29, 0.717) is 5.56 Å². The summed E-state index contributed by atoms with van der Waals surface area (Å²) in [5, 5.41) is 10.9. The number of halogens is 2. The van der Waals surface area contributed by atoms with Crippen LogP contribution in [0.4, 0.5) is 19.4 Å². The number of para-hydroxylation sites is 1. The summed E-state index contributed by atoms with van der Waals surface area (Å²) in [6.07, 6.45) is -0.450. The number of carbonyl (C=O) groups excluding carboxylic acids is 1. The Bertz CT molecular complexity index is 1700. The summed E-state index contributed by atoms with van der Waals surface area (Å²) in [4.78, 5) is 38.5. The van der Waals surface area contributed by atoms with Crippen molar-refractivity contribution in [2.45, 2.75) is 46.3 Å². The molecule has 1 aliphatic rings. The molecule has 0 radical (unpaired) electrons. The van der Waals surface area contributed by atoms with E-state index in [1.165, 1.54) is 30.3 Å². The fraction of sp³-hybridized carbons (Fsp3) is 0.333. The highest BCUT2D eigenvalue weighted by atomic mass is 19.1. The minimum atomic E-state index is -0.801. The van der Waals surface area contributed by atoms with Crippen molar-refractivity contribution in [3.05, 3.63) is 76.2 Å². The molecule has 1 saturated heterocycles. The number of amides is 1. The predicted molar refractivity (Wildman–Crippen MR) is 152 cm³/mol. The highest BCUT2D eigenvalue weighted by Gasteiger charge is 2.33. The van der Waals surface area contributed by atoms with Crippen molar-refractivity contribution in [1.29, 1.82) is 0 Å². The molecule has 1 amide bonds. The van der Waals surface area contributed by atoms with Gasteiger partial charge in [0.2, 0.25) is 0 Å². The standard InChI is InChI=1S/C30H31F2N5O4/c1-17-9-8-12-23(38)25(17)37-27-20(15-22(32)24(33-27)19-10-6-7-11-21(19)31)26(34-28(37)39)36-14-13-35(16-18(36)2)29(40)41-30(3,4)5/h6-12,15,18,38H,13-14,16H2,1-5H3/t18-/m0/s1. The third-order valence-electron chi connectivity index (χ3n) is 6.92. The van der Waals surface area contributed by atoms with Crippen LogP contribution >= 0.6 is 0 Å². The Balaban J connectivity index is 1.69. The van der Waals surface area contributed by atoms with Crippen LogP contribution in [-0.4, -0.2) is 61.9 Å². The Morgan fingerprint density at radius 2 is 1.78 bits per heavy atom. The zero-order valence-electron chi connectivity index (χ0n) is 23.5. The Morgan fingerprint density at radius 1 is 1.05 bits per heavy atom. The van der Waals surface area contributed by atoms with E-state index in [9.17, 15) is 19.1 Å². The van der Waals surface area contributed by atoms with Crippen LogP contribution in [0.25, 0.3) is 28.0 Å². The normalized spacial score (nSPS) is 15.8. The van der Waals surface area contributed by atoms with Gasteiger partial charge in [-0.05, 0) is 64.4 Å². The van der Waals surface area contributed by atoms with E-state index in [0.717, 1.165) is 4.57 Å². The van der Waals surface area contributed by atoms with Crippen LogP contribution in [0, 0.1) is 18.6 Å². The maximum absolute atomic E-state index is 15.7. The molecule has 0 spiro atoms. The Hall–Kier alpha value is -4.54. The number of carbonyl (C=O) groups is 1. The average molecular weight is 564 g/mol. The lowest BCUT2D eigenvalue weighted by Gasteiger charge is -2.41. The molecular weight excluding hydrogens is 532 g/mol. The average Bonchev–Trinajstić information content (AvgIpc) is 2.89.